The van der Waals surface area contributed by atoms with Crippen LogP contribution in [0.1, 0.15) is 53.4 Å². The number of aromatic nitrogens is 2. The normalized spacial score (nSPS) is 20.5. The first-order chi connectivity index (χ1) is 25.2. The number of H-pyrrole nitrogens is 2. The van der Waals surface area contributed by atoms with Crippen molar-refractivity contribution in [3.63, 3.8) is 0 Å². The molecule has 2 aromatic heterocycles. The Morgan fingerprint density at radius 3 is 1.57 bits per heavy atom. The summed E-state index contributed by atoms with van der Waals surface area (Å²) >= 11 is 0. The number of nitrogens with zero attached hydrogens (tertiary/aromatic N) is 1. The number of benzene rings is 4. The lowest BCUT2D eigenvalue weighted by molar-refractivity contribution is 0.983. The molecule has 1 aliphatic carbocycles. The van der Waals surface area contributed by atoms with Crippen molar-refractivity contribution >= 4 is 28.0 Å². The van der Waals surface area contributed by atoms with Gasteiger partial charge in [-0.2, -0.15) is 0 Å². The van der Waals surface area contributed by atoms with Gasteiger partial charge in [0.05, 0.1) is 11.4 Å². The van der Waals surface area contributed by atoms with E-state index in [1.807, 2.05) is 0 Å². The maximum Gasteiger partial charge on any atom is 0.0737 e. The molecule has 0 saturated heterocycles. The van der Waals surface area contributed by atoms with Crippen LogP contribution in [0, 0.1) is 0 Å². The lowest BCUT2D eigenvalue weighted by Gasteiger charge is -2.22. The summed E-state index contributed by atoms with van der Waals surface area (Å²) in [6.07, 6.45) is 10.8. The largest absolute Gasteiger partial charge is 0.354 e. The molecule has 0 radical (unpaired) electrons. The van der Waals surface area contributed by atoms with Crippen molar-refractivity contribution in [2.75, 3.05) is 0 Å². The van der Waals surface area contributed by atoms with Crippen LogP contribution in [0.3, 0.4) is 0 Å². The molecule has 3 heteroatoms. The molecule has 2 N–H and O–H groups in total. The quantitative estimate of drug-likeness (QED) is 0.186. The summed E-state index contributed by atoms with van der Waals surface area (Å²) in [5.74, 6) is 0. The van der Waals surface area contributed by atoms with Crippen LogP contribution in [0.2, 0.25) is 0 Å². The van der Waals surface area contributed by atoms with Crippen LogP contribution >= 0.6 is 0 Å². The predicted octanol–water partition coefficient (Wildman–Crippen LogP) is 9.69. The predicted molar refractivity (Wildman–Crippen MR) is 211 cm³/mol. The van der Waals surface area contributed by atoms with Gasteiger partial charge in [0.25, 0.3) is 0 Å². The van der Waals surface area contributed by atoms with Crippen LogP contribution in [0.5, 0.6) is 0 Å². The minimum atomic E-state index is 0.856. The molecule has 8 bridgehead atoms. The van der Waals surface area contributed by atoms with E-state index in [1.165, 1.54) is 39.0 Å². The minimum Gasteiger partial charge on any atom is -0.354 e. The number of aromatic amines is 2. The number of nitrogens with one attached hydrogen (secondary N) is 2. The van der Waals surface area contributed by atoms with Crippen molar-refractivity contribution in [3.8, 4) is 0 Å². The second kappa shape index (κ2) is 13.1. The summed E-state index contributed by atoms with van der Waals surface area (Å²) in [4.78, 5) is 13.2. The molecule has 0 atom stereocenters. The summed E-state index contributed by atoms with van der Waals surface area (Å²) < 4.78 is 0. The highest BCUT2D eigenvalue weighted by Gasteiger charge is 2.24. The van der Waals surface area contributed by atoms with E-state index in [9.17, 15) is 0 Å². The fraction of sp³-hybridized carbons (Fsp3) is 0.0625. The average Bonchev–Trinajstić information content (AvgIpc) is 3.98. The summed E-state index contributed by atoms with van der Waals surface area (Å²) in [6, 6.07) is 51.7. The van der Waals surface area contributed by atoms with Gasteiger partial charge in [0.1, 0.15) is 0 Å². The second-order valence-electron chi connectivity index (χ2n) is 13.2. The first kappa shape index (κ1) is 30.6. The molecule has 10 rings (SSSR count). The molecule has 0 amide bonds. The van der Waals surface area contributed by atoms with E-state index in [1.54, 1.807) is 0 Å². The first-order valence-electron chi connectivity index (χ1n) is 17.8. The fourth-order valence-corrected chi connectivity index (χ4v) is 7.72. The van der Waals surface area contributed by atoms with Crippen molar-refractivity contribution in [2.45, 2.75) is 19.8 Å². The average molecular weight is 656 g/mol. The van der Waals surface area contributed by atoms with Crippen LogP contribution in [0.25, 0.3) is 22.3 Å². The molecule has 6 aromatic rings. The number of hydrogen-bond donors (Lipinski definition) is 2. The van der Waals surface area contributed by atoms with Gasteiger partial charge in [-0.15, -0.1) is 0 Å². The fourth-order valence-electron chi connectivity index (χ4n) is 7.72. The summed E-state index contributed by atoms with van der Waals surface area (Å²) in [5.41, 5.74) is 17.2. The highest BCUT2D eigenvalue weighted by atomic mass is 14.8. The number of aliphatic imine (C=N–C) groups is 1. The third kappa shape index (κ3) is 5.63. The van der Waals surface area contributed by atoms with Crippen LogP contribution in [-0.2, 0) is 0 Å². The van der Waals surface area contributed by atoms with Gasteiger partial charge in [-0.1, -0.05) is 146 Å². The Hall–Kier alpha value is -6.45. The molecule has 4 aliphatic rings. The minimum absolute atomic E-state index is 0.856. The van der Waals surface area contributed by atoms with Gasteiger partial charge < -0.3 is 9.97 Å². The van der Waals surface area contributed by atoms with E-state index >= 15 is 0 Å². The Balaban J connectivity index is 1.41. The Labute approximate surface area is 298 Å². The molecule has 5 heterocycles. The van der Waals surface area contributed by atoms with Gasteiger partial charge in [0, 0.05) is 44.4 Å². The highest BCUT2D eigenvalue weighted by Crippen LogP contribution is 2.39. The van der Waals surface area contributed by atoms with Crippen LogP contribution in [0.15, 0.2) is 197 Å². The third-order valence-electron chi connectivity index (χ3n) is 10.1. The van der Waals surface area contributed by atoms with Gasteiger partial charge in [-0.05, 0) is 82.7 Å². The summed E-state index contributed by atoms with van der Waals surface area (Å²) in [5, 5.41) is 2.12. The SMILES string of the molecule is CCC1=C2C=C/C(=C(\c3ccccc3)c3ccc([nH]3)/C(c3ccccc3)=C3/C=CC(=N3)/C(c3ccccc3)=c3/cc/c([nH]3)=C/2c2ccccc2)C1. The molecular formula is C48H37N3. The van der Waals surface area contributed by atoms with E-state index < -0.39 is 0 Å². The molecule has 0 saturated carbocycles. The number of fused-ring (bicyclic) bond motifs is 1. The topological polar surface area (TPSA) is 43.9 Å². The van der Waals surface area contributed by atoms with Gasteiger partial charge in [-0.25, -0.2) is 4.99 Å². The van der Waals surface area contributed by atoms with Crippen molar-refractivity contribution in [3.05, 3.63) is 237 Å². The van der Waals surface area contributed by atoms with E-state index in [0.717, 1.165) is 68.6 Å². The Bertz CT molecular complexity index is 2590. The summed E-state index contributed by atoms with van der Waals surface area (Å²) in [6.45, 7) is 2.28. The Morgan fingerprint density at radius 2 is 0.980 bits per heavy atom. The molecule has 0 fully saturated rings. The first-order valence-corrected chi connectivity index (χ1v) is 17.8. The maximum absolute atomic E-state index is 5.41. The lowest BCUT2D eigenvalue weighted by atomic mass is 9.82. The molecule has 0 unspecified atom stereocenters. The Morgan fingerprint density at radius 1 is 0.471 bits per heavy atom. The smallest absolute Gasteiger partial charge is 0.0737 e. The summed E-state index contributed by atoms with van der Waals surface area (Å²) in [7, 11) is 0. The molecule has 3 nitrogen and oxygen atoms in total. The van der Waals surface area contributed by atoms with Gasteiger partial charge >= 0.3 is 0 Å². The van der Waals surface area contributed by atoms with Crippen molar-refractivity contribution < 1.29 is 0 Å². The number of rotatable bonds is 5. The Kier molecular flexibility index (Phi) is 7.87. The maximum atomic E-state index is 5.41. The second-order valence-corrected chi connectivity index (χ2v) is 13.2. The van der Waals surface area contributed by atoms with E-state index in [-0.39, 0.29) is 0 Å². The molecule has 4 aromatic carbocycles. The standard InChI is InChI=1S/C48H37N3/c1-2-32-31-37-23-24-38(32)46(34-17-9-4-10-18-34)40-26-28-42(50-40)48(36-21-13-6-14-22-36)44-30-29-43(51-44)47(35-19-11-5-12-20-35)41-27-25-39(49-41)45(37)33-15-7-3-8-16-33/h3-30,49-50H,2,31H2,1H3/b45-37-,46-40-,47-43-,48-42-. The highest BCUT2D eigenvalue weighted by molar-refractivity contribution is 6.30. The van der Waals surface area contributed by atoms with Crippen LogP contribution in [0.4, 0.5) is 0 Å². The molecule has 3 aliphatic heterocycles. The monoisotopic (exact) mass is 655 g/mol. The van der Waals surface area contributed by atoms with Crippen LogP contribution in [-0.4, -0.2) is 15.7 Å². The van der Waals surface area contributed by atoms with Gasteiger partial charge in [0.15, 0.2) is 0 Å². The van der Waals surface area contributed by atoms with Crippen molar-refractivity contribution in [1.82, 2.24) is 9.97 Å². The van der Waals surface area contributed by atoms with Gasteiger partial charge in [-0.3, -0.25) is 0 Å². The van der Waals surface area contributed by atoms with Gasteiger partial charge in [0.2, 0.25) is 0 Å². The lowest BCUT2D eigenvalue weighted by Crippen LogP contribution is -2.20. The van der Waals surface area contributed by atoms with E-state index in [0.29, 0.717) is 0 Å². The zero-order valence-electron chi connectivity index (χ0n) is 28.5. The van der Waals surface area contributed by atoms with Crippen molar-refractivity contribution in [2.24, 2.45) is 4.99 Å². The number of allylic oxidation sites excluding steroid dienone is 7. The zero-order chi connectivity index (χ0) is 34.1. The molecule has 0 spiro atoms. The van der Waals surface area contributed by atoms with E-state index in [4.69, 9.17) is 4.99 Å². The third-order valence-corrected chi connectivity index (χ3v) is 10.1. The molecular weight excluding hydrogens is 619 g/mol. The number of hydrogen-bond acceptors (Lipinski definition) is 1. The molecule has 51 heavy (non-hydrogen) atoms. The molecule has 244 valence electrons. The van der Waals surface area contributed by atoms with E-state index in [2.05, 4.69) is 187 Å². The van der Waals surface area contributed by atoms with Crippen molar-refractivity contribution in [1.29, 1.82) is 0 Å². The zero-order valence-corrected chi connectivity index (χ0v) is 28.5. The van der Waals surface area contributed by atoms with Crippen LogP contribution < -0.4 is 10.7 Å².